The number of hydrogen-bond donors (Lipinski definition) is 2. The maximum Gasteiger partial charge on any atom is 0.0640 e. The van der Waals surface area contributed by atoms with Crippen molar-refractivity contribution < 1.29 is 5.11 Å². The first kappa shape index (κ1) is 14.2. The lowest BCUT2D eigenvalue weighted by Gasteiger charge is -2.16. The molecule has 0 aliphatic carbocycles. The van der Waals surface area contributed by atoms with Crippen molar-refractivity contribution in [3.8, 4) is 0 Å². The van der Waals surface area contributed by atoms with E-state index in [9.17, 15) is 0 Å². The van der Waals surface area contributed by atoms with Crippen LogP contribution in [0.3, 0.4) is 0 Å². The van der Waals surface area contributed by atoms with E-state index < -0.39 is 0 Å². The lowest BCUT2D eigenvalue weighted by molar-refractivity contribution is 0.269. The Balaban J connectivity index is 2.24. The Bertz CT molecular complexity index is 311. The lowest BCUT2D eigenvalue weighted by atomic mass is 10.2. The van der Waals surface area contributed by atoms with Crippen molar-refractivity contribution in [1.29, 1.82) is 0 Å². The molecule has 0 spiro atoms. The fraction of sp³-hybridized carbons (Fsp3) is 0.750. The molecular formula is C12H24N4O. The van der Waals surface area contributed by atoms with Gasteiger partial charge in [0.05, 0.1) is 19.3 Å². The molecule has 5 nitrogen and oxygen atoms in total. The molecule has 1 aromatic rings. The number of aliphatic hydroxyl groups is 1. The SMILES string of the molecule is CC(CCN(C)C)NCc1cnn(CCO)c1. The molecule has 0 aliphatic heterocycles. The van der Waals surface area contributed by atoms with Gasteiger partial charge in [-0.1, -0.05) is 0 Å². The van der Waals surface area contributed by atoms with E-state index in [-0.39, 0.29) is 6.61 Å². The lowest BCUT2D eigenvalue weighted by Crippen LogP contribution is -2.29. The Morgan fingerprint density at radius 2 is 2.29 bits per heavy atom. The Morgan fingerprint density at radius 3 is 2.94 bits per heavy atom. The molecule has 5 heteroatoms. The van der Waals surface area contributed by atoms with Crippen molar-refractivity contribution in [3.63, 3.8) is 0 Å². The number of aromatic nitrogens is 2. The summed E-state index contributed by atoms with van der Waals surface area (Å²) in [5.41, 5.74) is 1.16. The molecule has 0 saturated carbocycles. The zero-order chi connectivity index (χ0) is 12.7. The molecule has 0 fully saturated rings. The molecule has 0 aliphatic rings. The van der Waals surface area contributed by atoms with Gasteiger partial charge in [0.1, 0.15) is 0 Å². The van der Waals surface area contributed by atoms with Gasteiger partial charge in [0.15, 0.2) is 0 Å². The summed E-state index contributed by atoms with van der Waals surface area (Å²) in [5, 5.41) is 16.4. The van der Waals surface area contributed by atoms with Crippen LogP contribution in [0.1, 0.15) is 18.9 Å². The monoisotopic (exact) mass is 240 g/mol. The van der Waals surface area contributed by atoms with Gasteiger partial charge < -0.3 is 15.3 Å². The molecule has 17 heavy (non-hydrogen) atoms. The van der Waals surface area contributed by atoms with Crippen molar-refractivity contribution in [2.75, 3.05) is 27.2 Å². The third kappa shape index (κ3) is 5.81. The van der Waals surface area contributed by atoms with Gasteiger partial charge in [0.25, 0.3) is 0 Å². The number of nitrogens with zero attached hydrogens (tertiary/aromatic N) is 3. The van der Waals surface area contributed by atoms with Crippen LogP contribution in [0.5, 0.6) is 0 Å². The molecule has 1 aromatic heterocycles. The van der Waals surface area contributed by atoms with Gasteiger partial charge in [-0.25, -0.2) is 0 Å². The van der Waals surface area contributed by atoms with E-state index in [0.717, 1.165) is 25.1 Å². The maximum atomic E-state index is 8.79. The van der Waals surface area contributed by atoms with Crippen LogP contribution in [0.4, 0.5) is 0 Å². The van der Waals surface area contributed by atoms with Crippen molar-refractivity contribution in [1.82, 2.24) is 20.0 Å². The highest BCUT2D eigenvalue weighted by Crippen LogP contribution is 1.99. The molecule has 0 amide bonds. The second-order valence-corrected chi connectivity index (χ2v) is 4.71. The standard InChI is InChI=1S/C12H24N4O/c1-11(4-5-15(2)3)13-8-12-9-14-16(10-12)6-7-17/h9-11,13,17H,4-8H2,1-3H3. The zero-order valence-electron chi connectivity index (χ0n) is 11.1. The van der Waals surface area contributed by atoms with Crippen LogP contribution in [0.2, 0.25) is 0 Å². The minimum atomic E-state index is 0.133. The molecule has 1 heterocycles. The van der Waals surface area contributed by atoms with E-state index >= 15 is 0 Å². The van der Waals surface area contributed by atoms with Crippen LogP contribution >= 0.6 is 0 Å². The average Bonchev–Trinajstić information content (AvgIpc) is 2.72. The van der Waals surface area contributed by atoms with Gasteiger partial charge in [0, 0.05) is 24.3 Å². The van der Waals surface area contributed by atoms with Crippen molar-refractivity contribution >= 4 is 0 Å². The molecule has 0 aromatic carbocycles. The van der Waals surface area contributed by atoms with E-state index in [0.29, 0.717) is 12.6 Å². The fourth-order valence-corrected chi connectivity index (χ4v) is 1.57. The molecule has 2 N–H and O–H groups in total. The van der Waals surface area contributed by atoms with Gasteiger partial charge in [0.2, 0.25) is 0 Å². The maximum absolute atomic E-state index is 8.79. The topological polar surface area (TPSA) is 53.3 Å². The third-order valence-electron chi connectivity index (χ3n) is 2.68. The minimum absolute atomic E-state index is 0.133. The number of aliphatic hydroxyl groups excluding tert-OH is 1. The molecule has 0 saturated heterocycles. The first-order valence-corrected chi connectivity index (χ1v) is 6.12. The Morgan fingerprint density at radius 1 is 1.53 bits per heavy atom. The summed E-state index contributed by atoms with van der Waals surface area (Å²) in [6.07, 6.45) is 4.96. The number of nitrogens with one attached hydrogen (secondary N) is 1. The quantitative estimate of drug-likeness (QED) is 0.686. The summed E-state index contributed by atoms with van der Waals surface area (Å²) in [6, 6.07) is 0.499. The summed E-state index contributed by atoms with van der Waals surface area (Å²) in [4.78, 5) is 2.19. The highest BCUT2D eigenvalue weighted by Gasteiger charge is 2.03. The predicted octanol–water partition coefficient (Wildman–Crippen LogP) is 0.305. The summed E-state index contributed by atoms with van der Waals surface area (Å²) in [5.74, 6) is 0. The van der Waals surface area contributed by atoms with Crippen molar-refractivity contribution in [2.45, 2.75) is 32.5 Å². The minimum Gasteiger partial charge on any atom is -0.394 e. The molecule has 1 rings (SSSR count). The zero-order valence-corrected chi connectivity index (χ0v) is 11.1. The average molecular weight is 240 g/mol. The summed E-state index contributed by atoms with van der Waals surface area (Å²) >= 11 is 0. The van der Waals surface area contributed by atoms with Crippen LogP contribution < -0.4 is 5.32 Å². The summed E-state index contributed by atoms with van der Waals surface area (Å²) in [6.45, 7) is 4.82. The van der Waals surface area contributed by atoms with E-state index in [2.05, 4.69) is 36.3 Å². The number of rotatable bonds is 8. The van der Waals surface area contributed by atoms with Gasteiger partial charge in [-0.05, 0) is 34.0 Å². The second-order valence-electron chi connectivity index (χ2n) is 4.71. The van der Waals surface area contributed by atoms with E-state index in [4.69, 9.17) is 5.11 Å². The van der Waals surface area contributed by atoms with Gasteiger partial charge >= 0.3 is 0 Å². The Hall–Kier alpha value is -0.910. The van der Waals surface area contributed by atoms with Crippen LogP contribution in [0.25, 0.3) is 0 Å². The van der Waals surface area contributed by atoms with Gasteiger partial charge in [-0.3, -0.25) is 4.68 Å². The summed E-state index contributed by atoms with van der Waals surface area (Å²) in [7, 11) is 4.18. The Kier molecular flexibility index (Phi) is 6.18. The molecule has 1 atom stereocenters. The van der Waals surface area contributed by atoms with Crippen molar-refractivity contribution in [2.24, 2.45) is 0 Å². The smallest absolute Gasteiger partial charge is 0.0640 e. The second kappa shape index (κ2) is 7.42. The Labute approximate surface area is 103 Å². The predicted molar refractivity (Wildman–Crippen MR) is 68.8 cm³/mol. The first-order chi connectivity index (χ1) is 8.11. The largest absolute Gasteiger partial charge is 0.394 e. The van der Waals surface area contributed by atoms with Gasteiger partial charge in [-0.15, -0.1) is 0 Å². The van der Waals surface area contributed by atoms with E-state index in [1.165, 1.54) is 0 Å². The number of hydrogen-bond acceptors (Lipinski definition) is 4. The molecule has 0 bridgehead atoms. The van der Waals surface area contributed by atoms with E-state index in [1.807, 2.05) is 12.4 Å². The first-order valence-electron chi connectivity index (χ1n) is 6.12. The fourth-order valence-electron chi connectivity index (χ4n) is 1.57. The van der Waals surface area contributed by atoms with Crippen LogP contribution in [-0.2, 0) is 13.1 Å². The van der Waals surface area contributed by atoms with Gasteiger partial charge in [-0.2, -0.15) is 5.10 Å². The molecular weight excluding hydrogens is 216 g/mol. The highest BCUT2D eigenvalue weighted by atomic mass is 16.3. The molecule has 0 radical (unpaired) electrons. The van der Waals surface area contributed by atoms with Crippen LogP contribution in [0.15, 0.2) is 12.4 Å². The normalized spacial score (nSPS) is 13.2. The summed E-state index contributed by atoms with van der Waals surface area (Å²) < 4.78 is 1.77. The molecule has 1 unspecified atom stereocenters. The molecule has 98 valence electrons. The highest BCUT2D eigenvalue weighted by molar-refractivity contribution is 5.03. The third-order valence-corrected chi connectivity index (χ3v) is 2.68. The van der Waals surface area contributed by atoms with E-state index in [1.54, 1.807) is 4.68 Å². The van der Waals surface area contributed by atoms with Crippen molar-refractivity contribution in [3.05, 3.63) is 18.0 Å². The van der Waals surface area contributed by atoms with Crippen LogP contribution in [0, 0.1) is 0 Å². The van der Waals surface area contributed by atoms with Crippen LogP contribution in [-0.4, -0.2) is 53.1 Å².